The van der Waals surface area contributed by atoms with Gasteiger partial charge >= 0.3 is 5.97 Å². The highest BCUT2D eigenvalue weighted by molar-refractivity contribution is 6.03. The molecule has 0 spiro atoms. The first-order valence-corrected chi connectivity index (χ1v) is 7.16. The number of rotatable bonds is 1. The van der Waals surface area contributed by atoms with Crippen LogP contribution in [-0.4, -0.2) is 28.6 Å². The number of carbonyl (C=O) groups is 2. The normalized spacial score (nSPS) is 12.4. The van der Waals surface area contributed by atoms with Crippen LogP contribution in [0, 0.1) is 0 Å². The van der Waals surface area contributed by atoms with Crippen molar-refractivity contribution in [2.75, 3.05) is 17.7 Å². The van der Waals surface area contributed by atoms with Gasteiger partial charge in [0.25, 0.3) is 5.91 Å². The molecule has 0 atom stereocenters. The van der Waals surface area contributed by atoms with E-state index in [0.29, 0.717) is 22.7 Å². The second kappa shape index (κ2) is 6.33. The minimum atomic E-state index is -0.896. The van der Waals surface area contributed by atoms with Gasteiger partial charge in [-0.1, -0.05) is 18.2 Å². The molecule has 7 heteroatoms. The molecule has 24 heavy (non-hydrogen) atoms. The van der Waals surface area contributed by atoms with Gasteiger partial charge in [-0.3, -0.25) is 4.79 Å². The highest BCUT2D eigenvalue weighted by Gasteiger charge is 2.14. The van der Waals surface area contributed by atoms with E-state index >= 15 is 0 Å². The lowest BCUT2D eigenvalue weighted by Crippen LogP contribution is -2.25. The molecular formula is C17H15N3O4. The third-order valence-electron chi connectivity index (χ3n) is 3.46. The molecule has 0 unspecified atom stereocenters. The number of hydrogen-bond acceptors (Lipinski definition) is 4. The van der Waals surface area contributed by atoms with E-state index in [9.17, 15) is 9.59 Å². The van der Waals surface area contributed by atoms with Gasteiger partial charge in [-0.15, -0.1) is 0 Å². The molecule has 122 valence electrons. The average Bonchev–Trinajstić information content (AvgIpc) is 2.99. The molecule has 0 radical (unpaired) electrons. The Bertz CT molecular complexity index is 917. The Morgan fingerprint density at radius 3 is 2.79 bits per heavy atom. The molecule has 3 aromatic rings. The Morgan fingerprint density at radius 1 is 1.21 bits per heavy atom. The third-order valence-corrected chi connectivity index (χ3v) is 3.46. The fraction of sp³-hybridized carbons (Fsp3) is 0.0588. The predicted molar refractivity (Wildman–Crippen MR) is 90.2 cm³/mol. The zero-order valence-electron chi connectivity index (χ0n) is 12.6. The zero-order chi connectivity index (χ0) is 17.1. The first-order valence-electron chi connectivity index (χ1n) is 7.16. The van der Waals surface area contributed by atoms with Gasteiger partial charge < -0.3 is 25.9 Å². The number of carbonyl (C=O) groups excluding carboxylic acids is 1. The summed E-state index contributed by atoms with van der Waals surface area (Å²) in [6, 6.07) is 12.5. The number of nitrogens with two attached hydrogens (primary N) is 1. The summed E-state index contributed by atoms with van der Waals surface area (Å²) in [6.07, 6.45) is 1.51. The van der Waals surface area contributed by atoms with Crippen molar-refractivity contribution in [3.63, 3.8) is 0 Å². The first kappa shape index (κ1) is 15.4. The number of nitrogens with one attached hydrogen (secondary N) is 2. The number of fused-ring (bicyclic) bond motifs is 2. The quantitative estimate of drug-likeness (QED) is 0.513. The number of aromatic nitrogens is 1. The predicted octanol–water partition coefficient (Wildman–Crippen LogP) is 2.47. The van der Waals surface area contributed by atoms with E-state index < -0.39 is 5.97 Å². The van der Waals surface area contributed by atoms with Crippen molar-refractivity contribution in [2.24, 2.45) is 0 Å². The molecule has 1 amide bonds. The Labute approximate surface area is 137 Å². The molecule has 1 aromatic heterocycles. The van der Waals surface area contributed by atoms with Gasteiger partial charge in [0.05, 0.1) is 11.3 Å². The molecule has 1 aliphatic rings. The average molecular weight is 325 g/mol. The van der Waals surface area contributed by atoms with Gasteiger partial charge in [0, 0.05) is 22.8 Å². The Balaban J connectivity index is 0.000000141. The summed E-state index contributed by atoms with van der Waals surface area (Å²) in [5.41, 5.74) is 7.96. The Morgan fingerprint density at radius 2 is 2.00 bits per heavy atom. The van der Waals surface area contributed by atoms with E-state index in [1.165, 1.54) is 6.20 Å². The van der Waals surface area contributed by atoms with Crippen LogP contribution < -0.4 is 15.8 Å². The number of nitrogen functional groups attached to an aromatic ring is 1. The fourth-order valence-corrected chi connectivity index (χ4v) is 2.35. The summed E-state index contributed by atoms with van der Waals surface area (Å²) >= 11 is 0. The van der Waals surface area contributed by atoms with Crippen molar-refractivity contribution in [2.45, 2.75) is 0 Å². The van der Waals surface area contributed by atoms with Crippen molar-refractivity contribution in [1.82, 2.24) is 4.98 Å². The Kier molecular flexibility index (Phi) is 4.07. The van der Waals surface area contributed by atoms with Crippen molar-refractivity contribution >= 4 is 34.2 Å². The van der Waals surface area contributed by atoms with Gasteiger partial charge in [-0.25, -0.2) is 4.79 Å². The molecule has 0 bridgehead atoms. The number of aromatic amines is 1. The number of ether oxygens (including phenoxy) is 1. The number of benzene rings is 2. The molecule has 0 saturated heterocycles. The highest BCUT2D eigenvalue weighted by Crippen LogP contribution is 2.28. The summed E-state index contributed by atoms with van der Waals surface area (Å²) in [4.78, 5) is 24.4. The zero-order valence-corrected chi connectivity index (χ0v) is 12.6. The molecule has 0 saturated carbocycles. The lowest BCUT2D eigenvalue weighted by molar-refractivity contribution is -0.118. The van der Waals surface area contributed by atoms with Crippen LogP contribution in [-0.2, 0) is 4.79 Å². The van der Waals surface area contributed by atoms with Gasteiger partial charge in [0.15, 0.2) is 6.61 Å². The van der Waals surface area contributed by atoms with E-state index in [1.54, 1.807) is 24.3 Å². The fourth-order valence-electron chi connectivity index (χ4n) is 2.35. The third kappa shape index (κ3) is 3.14. The molecule has 5 N–H and O–H groups in total. The van der Waals surface area contributed by atoms with Gasteiger partial charge in [0.1, 0.15) is 5.75 Å². The molecule has 0 aliphatic carbocycles. The van der Waals surface area contributed by atoms with E-state index in [1.807, 2.05) is 18.2 Å². The molecule has 0 fully saturated rings. The standard InChI is InChI=1S/C9H7NO2.C8H8N2O2/c11-9(12)7-5-10-8-4-2-1-3-6(7)8;9-5-1-2-7-6(3-5)10-8(11)4-12-7/h1-5,10H,(H,11,12);1-3H,4,9H2,(H,10,11). The summed E-state index contributed by atoms with van der Waals surface area (Å²) in [7, 11) is 0. The number of carboxylic acids is 1. The lowest BCUT2D eigenvalue weighted by Gasteiger charge is -2.17. The number of aromatic carboxylic acids is 1. The van der Waals surface area contributed by atoms with Crippen LogP contribution in [0.2, 0.25) is 0 Å². The van der Waals surface area contributed by atoms with E-state index in [4.69, 9.17) is 15.6 Å². The molecule has 4 rings (SSSR count). The number of para-hydroxylation sites is 1. The first-order chi connectivity index (χ1) is 11.5. The van der Waals surface area contributed by atoms with Crippen LogP contribution >= 0.6 is 0 Å². The molecule has 2 heterocycles. The second-order valence-electron chi connectivity index (χ2n) is 5.15. The number of amides is 1. The van der Waals surface area contributed by atoms with Crippen LogP contribution in [0.3, 0.4) is 0 Å². The van der Waals surface area contributed by atoms with Crippen LogP contribution in [0.5, 0.6) is 5.75 Å². The summed E-state index contributed by atoms with van der Waals surface area (Å²) < 4.78 is 5.12. The molecule has 1 aliphatic heterocycles. The van der Waals surface area contributed by atoms with Crippen LogP contribution in [0.15, 0.2) is 48.7 Å². The van der Waals surface area contributed by atoms with Gasteiger partial charge in [-0.2, -0.15) is 0 Å². The number of H-pyrrole nitrogens is 1. The maximum Gasteiger partial charge on any atom is 0.337 e. The monoisotopic (exact) mass is 325 g/mol. The number of carboxylic acid groups (broad SMARTS) is 1. The molecule has 2 aromatic carbocycles. The summed E-state index contributed by atoms with van der Waals surface area (Å²) in [5, 5.41) is 12.2. The minimum absolute atomic E-state index is 0.0803. The van der Waals surface area contributed by atoms with Crippen molar-refractivity contribution in [1.29, 1.82) is 0 Å². The van der Waals surface area contributed by atoms with Crippen LogP contribution in [0.4, 0.5) is 11.4 Å². The van der Waals surface area contributed by atoms with Crippen molar-refractivity contribution in [3.8, 4) is 5.75 Å². The maximum atomic E-state index is 10.9. The van der Waals surface area contributed by atoms with E-state index in [0.717, 1.165) is 10.9 Å². The maximum absolute atomic E-state index is 10.9. The van der Waals surface area contributed by atoms with Gasteiger partial charge in [0.2, 0.25) is 0 Å². The van der Waals surface area contributed by atoms with Crippen LogP contribution in [0.1, 0.15) is 10.4 Å². The largest absolute Gasteiger partial charge is 0.482 e. The second-order valence-corrected chi connectivity index (χ2v) is 5.15. The summed E-state index contributed by atoms with van der Waals surface area (Å²) in [6.45, 7) is 0.0803. The summed E-state index contributed by atoms with van der Waals surface area (Å²) in [5.74, 6) is -0.371. The van der Waals surface area contributed by atoms with Crippen LogP contribution in [0.25, 0.3) is 10.9 Å². The highest BCUT2D eigenvalue weighted by atomic mass is 16.5. The SMILES string of the molecule is Nc1ccc2c(c1)NC(=O)CO2.O=C(O)c1c[nH]c2ccccc12. The lowest BCUT2D eigenvalue weighted by atomic mass is 10.2. The smallest absolute Gasteiger partial charge is 0.337 e. The van der Waals surface area contributed by atoms with Crippen molar-refractivity contribution < 1.29 is 19.4 Å². The minimum Gasteiger partial charge on any atom is -0.482 e. The van der Waals surface area contributed by atoms with E-state index in [2.05, 4.69) is 10.3 Å². The molecular weight excluding hydrogens is 310 g/mol. The van der Waals surface area contributed by atoms with E-state index in [-0.39, 0.29) is 12.5 Å². The number of anilines is 2. The molecule has 7 nitrogen and oxygen atoms in total. The topological polar surface area (TPSA) is 117 Å². The van der Waals surface area contributed by atoms with Crippen molar-refractivity contribution in [3.05, 3.63) is 54.2 Å². The number of hydrogen-bond donors (Lipinski definition) is 4. The Hall–Kier alpha value is -3.48. The van der Waals surface area contributed by atoms with Gasteiger partial charge in [-0.05, 0) is 24.3 Å².